The fraction of sp³-hybridized carbons (Fsp3) is 0.318. The second-order valence-electron chi connectivity index (χ2n) is 7.39. The maximum Gasteiger partial charge on any atom is 0.269 e. The number of aromatic nitrogens is 2. The molecule has 170 valence electrons. The second kappa shape index (κ2) is 11.2. The van der Waals surface area contributed by atoms with Crippen molar-refractivity contribution < 1.29 is 14.4 Å². The molecule has 1 saturated heterocycles. The van der Waals surface area contributed by atoms with E-state index in [1.165, 1.54) is 17.7 Å². The van der Waals surface area contributed by atoms with Crippen molar-refractivity contribution in [1.82, 2.24) is 9.55 Å². The van der Waals surface area contributed by atoms with Gasteiger partial charge in [0.2, 0.25) is 0 Å². The van der Waals surface area contributed by atoms with E-state index in [2.05, 4.69) is 4.98 Å². The highest BCUT2D eigenvalue weighted by Crippen LogP contribution is 2.33. The molecule has 0 bridgehead atoms. The molecule has 2 unspecified atom stereocenters. The van der Waals surface area contributed by atoms with Gasteiger partial charge in [-0.25, -0.2) is 4.98 Å². The van der Waals surface area contributed by atoms with Crippen molar-refractivity contribution in [3.05, 3.63) is 88.0 Å². The van der Waals surface area contributed by atoms with E-state index < -0.39 is 10.7 Å². The predicted octanol–water partition coefficient (Wildman–Crippen LogP) is 5.40. The Hall–Kier alpha value is -2.10. The fourth-order valence-corrected chi connectivity index (χ4v) is 4.49. The summed E-state index contributed by atoms with van der Waals surface area (Å²) in [5.41, 5.74) is 1.26. The molecule has 7 nitrogen and oxygen atoms in total. The molecule has 2 heterocycles. The van der Waals surface area contributed by atoms with Crippen LogP contribution in [0.2, 0.25) is 5.02 Å². The molecule has 0 saturated carbocycles. The van der Waals surface area contributed by atoms with Gasteiger partial charge in [-0.05, 0) is 36.2 Å². The van der Waals surface area contributed by atoms with E-state index in [-0.39, 0.29) is 24.2 Å². The third-order valence-corrected chi connectivity index (χ3v) is 6.48. The molecular weight excluding hydrogens is 473 g/mol. The average molecular weight is 496 g/mol. The first kappa shape index (κ1) is 24.5. The molecule has 1 aliphatic rings. The normalized spacial score (nSPS) is 20.1. The minimum absolute atomic E-state index is 0. The molecule has 2 aromatic carbocycles. The smallest absolute Gasteiger partial charge is 0.269 e. The standard InChI is InChI=1S/C22H22ClN3O4S.ClH/c23-18-3-1-17(2-4-18)9-10-22(15-25-12-11-24-16-25)29-13-20(30-22)14-31-21-7-5-19(6-8-21)26(27)28;/h1-8,11-12,16,20H,9-10,13-15H2;1H. The van der Waals surface area contributed by atoms with Gasteiger partial charge in [0.15, 0.2) is 5.79 Å². The van der Waals surface area contributed by atoms with E-state index in [4.69, 9.17) is 21.1 Å². The molecule has 1 aromatic heterocycles. The first-order valence-corrected chi connectivity index (χ1v) is 11.3. The number of benzene rings is 2. The van der Waals surface area contributed by atoms with Gasteiger partial charge >= 0.3 is 0 Å². The molecule has 1 aliphatic heterocycles. The van der Waals surface area contributed by atoms with Crippen LogP contribution in [0.1, 0.15) is 12.0 Å². The molecule has 10 heteroatoms. The summed E-state index contributed by atoms with van der Waals surface area (Å²) in [6, 6.07) is 14.4. The van der Waals surface area contributed by atoms with Crippen molar-refractivity contribution in [2.24, 2.45) is 0 Å². The zero-order chi connectivity index (χ0) is 21.7. The summed E-state index contributed by atoms with van der Waals surface area (Å²) in [5, 5.41) is 11.5. The number of rotatable bonds is 9. The van der Waals surface area contributed by atoms with Crippen LogP contribution in [-0.2, 0) is 22.4 Å². The van der Waals surface area contributed by atoms with Gasteiger partial charge in [0.05, 0.1) is 30.5 Å². The summed E-state index contributed by atoms with van der Waals surface area (Å²) in [6.45, 7) is 1.05. The number of non-ortho nitro benzene ring substituents is 1. The molecule has 1 fully saturated rings. The van der Waals surface area contributed by atoms with Crippen molar-refractivity contribution in [2.45, 2.75) is 36.2 Å². The number of nitrogens with zero attached hydrogens (tertiary/aromatic N) is 3. The highest BCUT2D eigenvalue weighted by Gasteiger charge is 2.41. The Morgan fingerprint density at radius 1 is 1.22 bits per heavy atom. The predicted molar refractivity (Wildman–Crippen MR) is 127 cm³/mol. The number of halogens is 2. The highest BCUT2D eigenvalue weighted by molar-refractivity contribution is 7.99. The van der Waals surface area contributed by atoms with Crippen LogP contribution < -0.4 is 0 Å². The van der Waals surface area contributed by atoms with Gasteiger partial charge in [-0.3, -0.25) is 10.1 Å². The lowest BCUT2D eigenvalue weighted by Gasteiger charge is -2.28. The molecular formula is C22H23Cl2N3O4S. The lowest BCUT2D eigenvalue weighted by Crippen LogP contribution is -2.37. The van der Waals surface area contributed by atoms with E-state index in [1.54, 1.807) is 36.4 Å². The molecule has 3 aromatic rings. The number of hydrogen-bond donors (Lipinski definition) is 0. The summed E-state index contributed by atoms with van der Waals surface area (Å²) in [5.74, 6) is -0.0362. The van der Waals surface area contributed by atoms with Gasteiger partial charge in [-0.15, -0.1) is 24.2 Å². The van der Waals surface area contributed by atoms with Crippen molar-refractivity contribution in [3.63, 3.8) is 0 Å². The number of hydrogen-bond acceptors (Lipinski definition) is 6. The van der Waals surface area contributed by atoms with Crippen LogP contribution in [0.15, 0.2) is 72.1 Å². The Kier molecular flexibility index (Phi) is 8.56. The average Bonchev–Trinajstić information content (AvgIpc) is 3.43. The summed E-state index contributed by atoms with van der Waals surface area (Å²) in [6.07, 6.45) is 6.82. The second-order valence-corrected chi connectivity index (χ2v) is 8.91. The maximum absolute atomic E-state index is 10.8. The lowest BCUT2D eigenvalue weighted by molar-refractivity contribution is -0.384. The zero-order valence-corrected chi connectivity index (χ0v) is 19.5. The number of aryl methyl sites for hydroxylation is 1. The Labute approximate surface area is 201 Å². The number of nitro groups is 1. The van der Waals surface area contributed by atoms with Crippen LogP contribution in [-0.4, -0.2) is 38.7 Å². The first-order chi connectivity index (χ1) is 15.0. The Bertz CT molecular complexity index is 1000. The Balaban J connectivity index is 0.00000289. The lowest BCUT2D eigenvalue weighted by atomic mass is 10.0. The van der Waals surface area contributed by atoms with Crippen molar-refractivity contribution in [3.8, 4) is 0 Å². The van der Waals surface area contributed by atoms with Gasteiger partial charge in [-0.1, -0.05) is 23.7 Å². The monoisotopic (exact) mass is 495 g/mol. The molecule has 2 atom stereocenters. The van der Waals surface area contributed by atoms with Crippen molar-refractivity contribution in [1.29, 1.82) is 0 Å². The maximum atomic E-state index is 10.8. The van der Waals surface area contributed by atoms with E-state index in [0.717, 1.165) is 11.3 Å². The highest BCUT2D eigenvalue weighted by atomic mass is 35.5. The number of imidazole rings is 1. The molecule has 0 aliphatic carbocycles. The minimum atomic E-state index is -0.735. The number of thioether (sulfide) groups is 1. The zero-order valence-electron chi connectivity index (χ0n) is 17.1. The van der Waals surface area contributed by atoms with E-state index >= 15 is 0 Å². The van der Waals surface area contributed by atoms with Crippen LogP contribution in [0.4, 0.5) is 5.69 Å². The van der Waals surface area contributed by atoms with Crippen molar-refractivity contribution >= 4 is 41.5 Å². The van der Waals surface area contributed by atoms with Crippen LogP contribution in [0, 0.1) is 10.1 Å². The summed E-state index contributed by atoms with van der Waals surface area (Å²) < 4.78 is 14.6. The van der Waals surface area contributed by atoms with Gasteiger partial charge in [-0.2, -0.15) is 0 Å². The fourth-order valence-electron chi connectivity index (χ4n) is 3.49. The van der Waals surface area contributed by atoms with Crippen LogP contribution in [0.5, 0.6) is 0 Å². The van der Waals surface area contributed by atoms with E-state index in [1.807, 2.05) is 35.0 Å². The topological polar surface area (TPSA) is 79.4 Å². The molecule has 0 N–H and O–H groups in total. The molecule has 0 radical (unpaired) electrons. The molecule has 4 rings (SSSR count). The van der Waals surface area contributed by atoms with Gasteiger partial charge in [0.1, 0.15) is 0 Å². The van der Waals surface area contributed by atoms with Gasteiger partial charge in [0.25, 0.3) is 5.69 Å². The summed E-state index contributed by atoms with van der Waals surface area (Å²) in [7, 11) is 0. The quantitative estimate of drug-likeness (QED) is 0.224. The van der Waals surface area contributed by atoms with E-state index in [0.29, 0.717) is 30.3 Å². The number of ether oxygens (including phenoxy) is 2. The summed E-state index contributed by atoms with van der Waals surface area (Å²) in [4.78, 5) is 15.5. The summed E-state index contributed by atoms with van der Waals surface area (Å²) >= 11 is 7.60. The number of nitro benzene ring substituents is 1. The third-order valence-electron chi connectivity index (χ3n) is 5.09. The molecule has 32 heavy (non-hydrogen) atoms. The Morgan fingerprint density at radius 3 is 2.62 bits per heavy atom. The molecule has 0 amide bonds. The van der Waals surface area contributed by atoms with E-state index in [9.17, 15) is 10.1 Å². The third kappa shape index (κ3) is 6.46. The SMILES string of the molecule is Cl.O=[N+]([O-])c1ccc(SCC2COC(CCc3ccc(Cl)cc3)(Cn3ccnc3)O2)cc1. The first-order valence-electron chi connectivity index (χ1n) is 9.91. The Morgan fingerprint density at radius 2 is 1.97 bits per heavy atom. The van der Waals surface area contributed by atoms with Gasteiger partial charge in [0, 0.05) is 46.6 Å². The largest absolute Gasteiger partial charge is 0.345 e. The van der Waals surface area contributed by atoms with Gasteiger partial charge < -0.3 is 14.0 Å². The molecule has 0 spiro atoms. The van der Waals surface area contributed by atoms with Crippen molar-refractivity contribution in [2.75, 3.05) is 12.4 Å². The van der Waals surface area contributed by atoms with Crippen LogP contribution >= 0.6 is 35.8 Å². The van der Waals surface area contributed by atoms with Crippen LogP contribution in [0.25, 0.3) is 0 Å². The van der Waals surface area contributed by atoms with Crippen LogP contribution in [0.3, 0.4) is 0 Å². The minimum Gasteiger partial charge on any atom is -0.345 e.